The van der Waals surface area contributed by atoms with Crippen LogP contribution in [0.2, 0.25) is 0 Å². The second kappa shape index (κ2) is 6.04. The van der Waals surface area contributed by atoms with E-state index in [1.54, 1.807) is 0 Å². The van der Waals surface area contributed by atoms with Gasteiger partial charge in [0.25, 0.3) is 0 Å². The van der Waals surface area contributed by atoms with Crippen LogP contribution in [0.5, 0.6) is 0 Å². The lowest BCUT2D eigenvalue weighted by atomic mass is 10.1. The van der Waals surface area contributed by atoms with Gasteiger partial charge in [-0.2, -0.15) is 11.8 Å². The van der Waals surface area contributed by atoms with Crippen molar-refractivity contribution in [3.8, 4) is 0 Å². The Kier molecular flexibility index (Phi) is 4.98. The van der Waals surface area contributed by atoms with Crippen LogP contribution in [0.1, 0.15) is 24.5 Å². The number of nitrogens with two attached hydrogens (primary N) is 1. The molecular weight excluding hydrogens is 210 g/mol. The number of thioether (sulfide) groups is 1. The summed E-state index contributed by atoms with van der Waals surface area (Å²) < 4.78 is 0. The number of rotatable bonds is 5. The topological polar surface area (TPSA) is 26.0 Å². The summed E-state index contributed by atoms with van der Waals surface area (Å²) in [7, 11) is 0. The Balaban J connectivity index is 2.59. The van der Waals surface area contributed by atoms with Crippen LogP contribution in [-0.2, 0) is 5.75 Å². The molecule has 76 valence electrons. The standard InChI is InChI=1S/C11H15NS2/c1-2-6-14-8-9-4-3-5-10(7-9)11(12)13/h3-5,7H,2,6,8H2,1H3,(H2,12,13). The van der Waals surface area contributed by atoms with E-state index in [-0.39, 0.29) is 0 Å². The van der Waals surface area contributed by atoms with Crippen molar-refractivity contribution >= 4 is 29.0 Å². The molecule has 0 radical (unpaired) electrons. The Hall–Kier alpha value is -0.540. The molecule has 0 heterocycles. The van der Waals surface area contributed by atoms with Crippen molar-refractivity contribution in [1.82, 2.24) is 0 Å². The Morgan fingerprint density at radius 1 is 1.50 bits per heavy atom. The highest BCUT2D eigenvalue weighted by atomic mass is 32.2. The van der Waals surface area contributed by atoms with E-state index in [2.05, 4.69) is 19.1 Å². The molecule has 1 aromatic carbocycles. The lowest BCUT2D eigenvalue weighted by molar-refractivity contribution is 1.10. The maximum Gasteiger partial charge on any atom is 0.103 e. The largest absolute Gasteiger partial charge is 0.389 e. The van der Waals surface area contributed by atoms with Gasteiger partial charge < -0.3 is 5.73 Å². The van der Waals surface area contributed by atoms with Gasteiger partial charge in [-0.25, -0.2) is 0 Å². The van der Waals surface area contributed by atoms with E-state index in [0.717, 1.165) is 11.3 Å². The summed E-state index contributed by atoms with van der Waals surface area (Å²) in [5.74, 6) is 2.25. The average molecular weight is 225 g/mol. The number of hydrogen-bond acceptors (Lipinski definition) is 2. The van der Waals surface area contributed by atoms with Crippen molar-refractivity contribution in [3.05, 3.63) is 35.4 Å². The van der Waals surface area contributed by atoms with Gasteiger partial charge in [0.05, 0.1) is 0 Å². The van der Waals surface area contributed by atoms with Gasteiger partial charge in [0, 0.05) is 11.3 Å². The van der Waals surface area contributed by atoms with Crippen LogP contribution < -0.4 is 5.73 Å². The lowest BCUT2D eigenvalue weighted by Gasteiger charge is -2.03. The first-order valence-electron chi connectivity index (χ1n) is 4.70. The van der Waals surface area contributed by atoms with Gasteiger partial charge in [0.1, 0.15) is 4.99 Å². The SMILES string of the molecule is CCCSCc1cccc(C(N)=S)c1. The third-order valence-corrected chi connectivity index (χ3v) is 3.30. The minimum absolute atomic E-state index is 0.479. The van der Waals surface area contributed by atoms with Crippen molar-refractivity contribution in [3.63, 3.8) is 0 Å². The highest BCUT2D eigenvalue weighted by Gasteiger charge is 1.98. The summed E-state index contributed by atoms with van der Waals surface area (Å²) in [6, 6.07) is 8.15. The molecule has 14 heavy (non-hydrogen) atoms. The van der Waals surface area contributed by atoms with E-state index in [9.17, 15) is 0 Å². The van der Waals surface area contributed by atoms with Crippen LogP contribution in [0, 0.1) is 0 Å². The first-order chi connectivity index (χ1) is 6.74. The smallest absolute Gasteiger partial charge is 0.103 e. The van der Waals surface area contributed by atoms with Crippen LogP contribution in [0.3, 0.4) is 0 Å². The van der Waals surface area contributed by atoms with E-state index in [1.807, 2.05) is 23.9 Å². The summed E-state index contributed by atoms with van der Waals surface area (Å²) in [4.78, 5) is 0.479. The lowest BCUT2D eigenvalue weighted by Crippen LogP contribution is -2.09. The van der Waals surface area contributed by atoms with Gasteiger partial charge in [-0.05, 0) is 23.8 Å². The van der Waals surface area contributed by atoms with Crippen molar-refractivity contribution in [2.75, 3.05) is 5.75 Å². The summed E-state index contributed by atoms with van der Waals surface area (Å²) in [5.41, 5.74) is 7.83. The van der Waals surface area contributed by atoms with Crippen LogP contribution in [-0.4, -0.2) is 10.7 Å². The molecule has 0 aliphatic rings. The van der Waals surface area contributed by atoms with Gasteiger partial charge in [0.15, 0.2) is 0 Å². The van der Waals surface area contributed by atoms with Crippen LogP contribution in [0.15, 0.2) is 24.3 Å². The fourth-order valence-corrected chi connectivity index (χ4v) is 2.12. The molecular formula is C11H15NS2. The van der Waals surface area contributed by atoms with E-state index in [0.29, 0.717) is 4.99 Å². The van der Waals surface area contributed by atoms with Crippen LogP contribution in [0.4, 0.5) is 0 Å². The fraction of sp³-hybridized carbons (Fsp3) is 0.364. The van der Waals surface area contributed by atoms with Crippen molar-refractivity contribution in [2.45, 2.75) is 19.1 Å². The third-order valence-electron chi connectivity index (χ3n) is 1.83. The van der Waals surface area contributed by atoms with Crippen LogP contribution in [0.25, 0.3) is 0 Å². The maximum atomic E-state index is 5.56. The Morgan fingerprint density at radius 3 is 2.93 bits per heavy atom. The predicted octanol–water partition coefficient (Wildman–Crippen LogP) is 2.96. The molecule has 0 aliphatic carbocycles. The van der Waals surface area contributed by atoms with E-state index < -0.39 is 0 Å². The quantitative estimate of drug-likeness (QED) is 0.616. The summed E-state index contributed by atoms with van der Waals surface area (Å²) >= 11 is 6.87. The van der Waals surface area contributed by atoms with Gasteiger partial charge in [-0.15, -0.1) is 0 Å². The van der Waals surface area contributed by atoms with E-state index in [1.165, 1.54) is 17.7 Å². The first-order valence-corrected chi connectivity index (χ1v) is 6.27. The number of thiocarbonyl (C=S) groups is 1. The third kappa shape index (κ3) is 3.68. The molecule has 0 bridgehead atoms. The Bertz CT molecular complexity index is 310. The first kappa shape index (κ1) is 11.5. The van der Waals surface area contributed by atoms with Gasteiger partial charge in [-0.3, -0.25) is 0 Å². The minimum atomic E-state index is 0.479. The zero-order valence-electron chi connectivity index (χ0n) is 8.32. The molecule has 0 aromatic heterocycles. The summed E-state index contributed by atoms with van der Waals surface area (Å²) in [6.45, 7) is 2.19. The molecule has 1 rings (SSSR count). The van der Waals surface area contributed by atoms with Gasteiger partial charge in [-0.1, -0.05) is 37.3 Å². The van der Waals surface area contributed by atoms with E-state index in [4.69, 9.17) is 18.0 Å². The molecule has 0 atom stereocenters. The molecule has 3 heteroatoms. The highest BCUT2D eigenvalue weighted by molar-refractivity contribution is 7.98. The number of benzene rings is 1. The van der Waals surface area contributed by atoms with Gasteiger partial charge in [0.2, 0.25) is 0 Å². The molecule has 0 spiro atoms. The normalized spacial score (nSPS) is 10.1. The maximum absolute atomic E-state index is 5.56. The molecule has 0 saturated carbocycles. The Labute approximate surface area is 95.1 Å². The summed E-state index contributed by atoms with van der Waals surface area (Å²) in [6.07, 6.45) is 1.22. The fourth-order valence-electron chi connectivity index (χ4n) is 1.15. The second-order valence-corrected chi connectivity index (χ2v) is 4.66. The zero-order valence-corrected chi connectivity index (χ0v) is 9.96. The van der Waals surface area contributed by atoms with Crippen LogP contribution >= 0.6 is 24.0 Å². The monoisotopic (exact) mass is 225 g/mol. The molecule has 1 aromatic rings. The Morgan fingerprint density at radius 2 is 2.29 bits per heavy atom. The van der Waals surface area contributed by atoms with Crippen molar-refractivity contribution in [2.24, 2.45) is 5.73 Å². The minimum Gasteiger partial charge on any atom is -0.389 e. The van der Waals surface area contributed by atoms with Crippen molar-refractivity contribution in [1.29, 1.82) is 0 Å². The molecule has 1 nitrogen and oxygen atoms in total. The molecule has 0 unspecified atom stereocenters. The zero-order chi connectivity index (χ0) is 10.4. The van der Waals surface area contributed by atoms with E-state index >= 15 is 0 Å². The molecule has 0 aliphatic heterocycles. The second-order valence-electron chi connectivity index (χ2n) is 3.12. The highest BCUT2D eigenvalue weighted by Crippen LogP contribution is 2.14. The molecule has 2 N–H and O–H groups in total. The number of hydrogen-bond donors (Lipinski definition) is 1. The molecule has 0 saturated heterocycles. The predicted molar refractivity (Wildman–Crippen MR) is 68.8 cm³/mol. The summed E-state index contributed by atoms with van der Waals surface area (Å²) in [5, 5.41) is 0. The molecule has 0 amide bonds. The molecule has 0 fully saturated rings. The van der Waals surface area contributed by atoms with Gasteiger partial charge >= 0.3 is 0 Å². The van der Waals surface area contributed by atoms with Crippen molar-refractivity contribution < 1.29 is 0 Å². The average Bonchev–Trinajstić information content (AvgIpc) is 2.19.